The molecule has 0 saturated carbocycles. The summed E-state index contributed by atoms with van der Waals surface area (Å²) in [7, 11) is 0. The molecule has 7 nitrogen and oxygen atoms in total. The summed E-state index contributed by atoms with van der Waals surface area (Å²) in [5, 5.41) is 3.55. The van der Waals surface area contributed by atoms with Crippen molar-refractivity contribution in [1.29, 1.82) is 0 Å². The van der Waals surface area contributed by atoms with E-state index < -0.39 is 5.91 Å². The second kappa shape index (κ2) is 5.06. The lowest BCUT2D eigenvalue weighted by molar-refractivity contribution is 0.0212. The quantitative estimate of drug-likeness (QED) is 0.412. The Labute approximate surface area is 91.8 Å². The van der Waals surface area contributed by atoms with Crippen molar-refractivity contribution >= 4 is 5.91 Å². The Bertz CT molecular complexity index is 359. The minimum absolute atomic E-state index is 0.0943. The van der Waals surface area contributed by atoms with Gasteiger partial charge in [0, 0.05) is 12.7 Å². The smallest absolute Gasteiger partial charge is 0.287 e. The van der Waals surface area contributed by atoms with Crippen molar-refractivity contribution in [1.82, 2.24) is 10.6 Å². The topological polar surface area (TPSA) is 99.6 Å². The van der Waals surface area contributed by atoms with E-state index >= 15 is 0 Å². The minimum atomic E-state index is -0.487. The number of rotatable bonds is 4. The number of hydrogen-bond acceptors (Lipinski definition) is 6. The fraction of sp³-hybridized carbons (Fsp3) is 0.556. The monoisotopic (exact) mass is 227 g/mol. The van der Waals surface area contributed by atoms with Gasteiger partial charge in [0.15, 0.2) is 11.5 Å². The largest absolute Gasteiger partial charge is 0.379 e. The van der Waals surface area contributed by atoms with Gasteiger partial charge < -0.3 is 14.0 Å². The average Bonchev–Trinajstić information content (AvgIpc) is 2.96. The maximum atomic E-state index is 11.1. The van der Waals surface area contributed by atoms with Crippen molar-refractivity contribution in [3.05, 3.63) is 17.5 Å². The molecule has 0 aliphatic carbocycles. The van der Waals surface area contributed by atoms with E-state index in [-0.39, 0.29) is 18.4 Å². The molecule has 0 bridgehead atoms. The molecular weight excluding hydrogens is 214 g/mol. The average molecular weight is 227 g/mol. The van der Waals surface area contributed by atoms with Crippen LogP contribution < -0.4 is 11.3 Å². The highest BCUT2D eigenvalue weighted by atomic mass is 16.6. The summed E-state index contributed by atoms with van der Waals surface area (Å²) in [6, 6.07) is 1.50. The Balaban J connectivity index is 1.85. The van der Waals surface area contributed by atoms with Crippen LogP contribution in [-0.4, -0.2) is 30.4 Å². The van der Waals surface area contributed by atoms with Crippen molar-refractivity contribution in [3.8, 4) is 0 Å². The molecule has 1 saturated heterocycles. The number of ether oxygens (including phenoxy) is 2. The summed E-state index contributed by atoms with van der Waals surface area (Å²) in [5.41, 5.74) is 2.11. The van der Waals surface area contributed by atoms with Gasteiger partial charge in [-0.15, -0.1) is 0 Å². The highest BCUT2D eigenvalue weighted by molar-refractivity contribution is 5.91. The SMILES string of the molecule is NNC(=O)c1cc(COC2CCOC2)on1. The molecule has 1 aromatic rings. The Morgan fingerprint density at radius 1 is 1.75 bits per heavy atom. The normalized spacial score (nSPS) is 19.9. The van der Waals surface area contributed by atoms with Gasteiger partial charge in [-0.1, -0.05) is 5.16 Å². The fourth-order valence-corrected chi connectivity index (χ4v) is 1.41. The lowest BCUT2D eigenvalue weighted by atomic mass is 10.3. The molecule has 3 N–H and O–H groups in total. The predicted octanol–water partition coefficient (Wildman–Crippen LogP) is -0.416. The summed E-state index contributed by atoms with van der Waals surface area (Å²) in [4.78, 5) is 11.1. The third-order valence-electron chi connectivity index (χ3n) is 2.27. The Kier molecular flexibility index (Phi) is 3.50. The van der Waals surface area contributed by atoms with Crippen LogP contribution in [0.3, 0.4) is 0 Å². The number of amides is 1. The predicted molar refractivity (Wildman–Crippen MR) is 52.2 cm³/mol. The van der Waals surface area contributed by atoms with E-state index in [0.717, 1.165) is 13.0 Å². The zero-order valence-corrected chi connectivity index (χ0v) is 8.64. The zero-order chi connectivity index (χ0) is 11.4. The van der Waals surface area contributed by atoms with E-state index in [1.165, 1.54) is 6.07 Å². The van der Waals surface area contributed by atoms with E-state index in [1.807, 2.05) is 5.43 Å². The molecule has 1 unspecified atom stereocenters. The lowest BCUT2D eigenvalue weighted by Crippen LogP contribution is -2.30. The van der Waals surface area contributed by atoms with Crippen molar-refractivity contribution in [2.75, 3.05) is 13.2 Å². The number of hydrogen-bond donors (Lipinski definition) is 2. The molecule has 16 heavy (non-hydrogen) atoms. The molecule has 1 aliphatic rings. The van der Waals surface area contributed by atoms with E-state index in [2.05, 4.69) is 5.16 Å². The molecule has 1 fully saturated rings. The highest BCUT2D eigenvalue weighted by Gasteiger charge is 2.17. The molecule has 0 radical (unpaired) electrons. The second-order valence-electron chi connectivity index (χ2n) is 3.45. The van der Waals surface area contributed by atoms with Crippen molar-refractivity contribution in [2.24, 2.45) is 5.84 Å². The summed E-state index contributed by atoms with van der Waals surface area (Å²) >= 11 is 0. The number of aromatic nitrogens is 1. The zero-order valence-electron chi connectivity index (χ0n) is 8.64. The number of nitrogens with two attached hydrogens (primary N) is 1. The number of nitrogens with one attached hydrogen (secondary N) is 1. The first kappa shape index (κ1) is 11.1. The van der Waals surface area contributed by atoms with Crippen LogP contribution in [0.4, 0.5) is 0 Å². The number of nitrogen functional groups attached to an aromatic ring is 1. The molecule has 1 atom stereocenters. The number of nitrogens with zero attached hydrogens (tertiary/aromatic N) is 1. The van der Waals surface area contributed by atoms with E-state index in [9.17, 15) is 4.79 Å². The maximum Gasteiger partial charge on any atom is 0.287 e. The summed E-state index contributed by atoms with van der Waals surface area (Å²) in [5.74, 6) is 4.96. The van der Waals surface area contributed by atoms with Gasteiger partial charge in [-0.25, -0.2) is 5.84 Å². The summed E-state index contributed by atoms with van der Waals surface area (Å²) in [6.07, 6.45) is 0.974. The van der Waals surface area contributed by atoms with Gasteiger partial charge >= 0.3 is 0 Å². The number of carbonyl (C=O) groups is 1. The van der Waals surface area contributed by atoms with Crippen LogP contribution in [0.1, 0.15) is 22.7 Å². The van der Waals surface area contributed by atoms with Gasteiger partial charge in [-0.3, -0.25) is 10.2 Å². The number of carbonyl (C=O) groups excluding carboxylic acids is 1. The standard InChI is InChI=1S/C9H13N3O4/c10-11-9(13)8-3-7(16-12-8)5-15-6-1-2-14-4-6/h3,6H,1-2,4-5,10H2,(H,11,13). The third-order valence-corrected chi connectivity index (χ3v) is 2.27. The van der Waals surface area contributed by atoms with Crippen molar-refractivity contribution in [2.45, 2.75) is 19.1 Å². The lowest BCUT2D eigenvalue weighted by Gasteiger charge is -2.06. The van der Waals surface area contributed by atoms with Crippen LogP contribution in [0.2, 0.25) is 0 Å². The molecule has 0 aromatic carbocycles. The molecule has 2 rings (SSSR count). The van der Waals surface area contributed by atoms with Gasteiger partial charge in [0.1, 0.15) is 6.61 Å². The van der Waals surface area contributed by atoms with Crippen molar-refractivity contribution < 1.29 is 18.8 Å². The van der Waals surface area contributed by atoms with E-state index in [1.54, 1.807) is 0 Å². The Hall–Kier alpha value is -1.44. The molecule has 1 aromatic heterocycles. The first-order valence-electron chi connectivity index (χ1n) is 4.95. The Morgan fingerprint density at radius 3 is 3.31 bits per heavy atom. The maximum absolute atomic E-state index is 11.1. The minimum Gasteiger partial charge on any atom is -0.379 e. The van der Waals surface area contributed by atoms with E-state index in [0.29, 0.717) is 12.4 Å². The molecule has 1 aliphatic heterocycles. The first-order chi connectivity index (χ1) is 7.79. The van der Waals surface area contributed by atoms with Crippen LogP contribution in [0.25, 0.3) is 0 Å². The van der Waals surface area contributed by atoms with Gasteiger partial charge in [0.05, 0.1) is 12.7 Å². The fourth-order valence-electron chi connectivity index (χ4n) is 1.41. The molecule has 7 heteroatoms. The van der Waals surface area contributed by atoms with Gasteiger partial charge in [-0.05, 0) is 6.42 Å². The molecule has 0 spiro atoms. The van der Waals surface area contributed by atoms with Crippen LogP contribution >= 0.6 is 0 Å². The van der Waals surface area contributed by atoms with Crippen molar-refractivity contribution in [3.63, 3.8) is 0 Å². The highest BCUT2D eigenvalue weighted by Crippen LogP contribution is 2.12. The third kappa shape index (κ3) is 2.57. The van der Waals surface area contributed by atoms with Crippen LogP contribution in [0.5, 0.6) is 0 Å². The second-order valence-corrected chi connectivity index (χ2v) is 3.45. The Morgan fingerprint density at radius 2 is 2.62 bits per heavy atom. The van der Waals surface area contributed by atoms with Crippen LogP contribution in [0.15, 0.2) is 10.6 Å². The molecule has 88 valence electrons. The molecule has 2 heterocycles. The first-order valence-corrected chi connectivity index (χ1v) is 4.95. The van der Waals surface area contributed by atoms with Crippen LogP contribution in [0, 0.1) is 0 Å². The van der Waals surface area contributed by atoms with Crippen LogP contribution in [-0.2, 0) is 16.1 Å². The van der Waals surface area contributed by atoms with Gasteiger partial charge in [0.2, 0.25) is 0 Å². The summed E-state index contributed by atoms with van der Waals surface area (Å²) in [6.45, 7) is 1.60. The molecular formula is C9H13N3O4. The molecule has 1 amide bonds. The van der Waals surface area contributed by atoms with Gasteiger partial charge in [0.25, 0.3) is 5.91 Å². The van der Waals surface area contributed by atoms with Gasteiger partial charge in [-0.2, -0.15) is 0 Å². The summed E-state index contributed by atoms with van der Waals surface area (Å²) < 4.78 is 15.6. The van der Waals surface area contributed by atoms with E-state index in [4.69, 9.17) is 19.8 Å². The number of hydrazine groups is 1.